The molecule has 3 atom stereocenters. The van der Waals surface area contributed by atoms with Crippen molar-refractivity contribution in [2.24, 2.45) is 11.8 Å². The maximum absolute atomic E-state index is 10.5. The molecule has 0 spiro atoms. The van der Waals surface area contributed by atoms with E-state index in [1.807, 2.05) is 10.7 Å². The Balaban J connectivity index is 1.61. The third kappa shape index (κ3) is 3.32. The molecule has 0 radical (unpaired) electrons. The molecule has 0 saturated heterocycles. The molecule has 4 nitrogen and oxygen atoms in total. The highest BCUT2D eigenvalue weighted by Crippen LogP contribution is 2.49. The fourth-order valence-electron chi connectivity index (χ4n) is 3.01. The van der Waals surface area contributed by atoms with Crippen LogP contribution in [0.25, 0.3) is 0 Å². The first kappa shape index (κ1) is 14.3. The maximum Gasteiger partial charge on any atom is 0.138 e. The molecule has 4 heteroatoms. The molecule has 1 saturated carbocycles. The van der Waals surface area contributed by atoms with Crippen LogP contribution in [0.15, 0.2) is 36.7 Å². The second-order valence-electron chi connectivity index (χ2n) is 6.44. The minimum absolute atomic E-state index is 0.328. The van der Waals surface area contributed by atoms with Gasteiger partial charge in [-0.2, -0.15) is 5.10 Å². The Labute approximate surface area is 125 Å². The smallest absolute Gasteiger partial charge is 0.138 e. The van der Waals surface area contributed by atoms with Gasteiger partial charge in [0.25, 0.3) is 0 Å². The van der Waals surface area contributed by atoms with Crippen LogP contribution in [0, 0.1) is 11.8 Å². The minimum atomic E-state index is -0.328. The van der Waals surface area contributed by atoms with Gasteiger partial charge in [-0.15, -0.1) is 0 Å². The van der Waals surface area contributed by atoms with Crippen LogP contribution < -0.4 is 0 Å². The molecule has 0 amide bonds. The summed E-state index contributed by atoms with van der Waals surface area (Å²) < 4.78 is 1.92. The van der Waals surface area contributed by atoms with Crippen molar-refractivity contribution in [2.45, 2.75) is 45.3 Å². The molecule has 1 aromatic heterocycles. The molecule has 1 aliphatic rings. The molecule has 2 aromatic rings. The van der Waals surface area contributed by atoms with Gasteiger partial charge in [0.05, 0.1) is 6.10 Å². The van der Waals surface area contributed by atoms with Crippen LogP contribution in [0.1, 0.15) is 37.6 Å². The van der Waals surface area contributed by atoms with Crippen LogP contribution in [0.3, 0.4) is 0 Å². The molecule has 21 heavy (non-hydrogen) atoms. The van der Waals surface area contributed by atoms with Crippen molar-refractivity contribution < 1.29 is 5.11 Å². The van der Waals surface area contributed by atoms with Crippen LogP contribution in [-0.4, -0.2) is 26.0 Å². The maximum atomic E-state index is 10.5. The third-order valence-corrected chi connectivity index (χ3v) is 4.19. The highest BCUT2D eigenvalue weighted by molar-refractivity contribution is 5.26. The number of benzene rings is 1. The zero-order valence-electron chi connectivity index (χ0n) is 12.7. The van der Waals surface area contributed by atoms with E-state index in [9.17, 15) is 5.11 Å². The second-order valence-corrected chi connectivity index (χ2v) is 6.44. The topological polar surface area (TPSA) is 50.9 Å². The van der Waals surface area contributed by atoms with Crippen molar-refractivity contribution in [3.05, 3.63) is 48.0 Å². The van der Waals surface area contributed by atoms with Crippen molar-refractivity contribution >= 4 is 0 Å². The SMILES string of the molecule is CC(C)Cn1ncnc1CC(O)C1CC1c1ccccc1. The lowest BCUT2D eigenvalue weighted by atomic mass is 10.0. The van der Waals surface area contributed by atoms with E-state index >= 15 is 0 Å². The second kappa shape index (κ2) is 5.98. The molecule has 112 valence electrons. The Hall–Kier alpha value is -1.68. The normalized spacial score (nSPS) is 22.5. The molecule has 1 heterocycles. The van der Waals surface area contributed by atoms with Crippen molar-refractivity contribution in [3.63, 3.8) is 0 Å². The summed E-state index contributed by atoms with van der Waals surface area (Å²) in [5.74, 6) is 2.29. The van der Waals surface area contributed by atoms with Gasteiger partial charge < -0.3 is 5.11 Å². The molecule has 1 fully saturated rings. The van der Waals surface area contributed by atoms with E-state index in [1.165, 1.54) is 5.56 Å². The first-order chi connectivity index (χ1) is 10.1. The lowest BCUT2D eigenvalue weighted by Crippen LogP contribution is -2.19. The Morgan fingerprint density at radius 3 is 2.76 bits per heavy atom. The molecular formula is C17H23N3O. The summed E-state index contributed by atoms with van der Waals surface area (Å²) in [7, 11) is 0. The molecular weight excluding hydrogens is 262 g/mol. The lowest BCUT2D eigenvalue weighted by Gasteiger charge is -2.12. The molecule has 0 aliphatic heterocycles. The fourth-order valence-corrected chi connectivity index (χ4v) is 3.01. The first-order valence-electron chi connectivity index (χ1n) is 7.75. The lowest BCUT2D eigenvalue weighted by molar-refractivity contribution is 0.145. The monoisotopic (exact) mass is 285 g/mol. The highest BCUT2D eigenvalue weighted by Gasteiger charge is 2.43. The van der Waals surface area contributed by atoms with Crippen molar-refractivity contribution in [3.8, 4) is 0 Å². The molecule has 3 unspecified atom stereocenters. The fraction of sp³-hybridized carbons (Fsp3) is 0.529. The summed E-state index contributed by atoms with van der Waals surface area (Å²) in [6.45, 7) is 5.18. The van der Waals surface area contributed by atoms with E-state index in [0.29, 0.717) is 24.2 Å². The molecule has 1 aromatic carbocycles. The van der Waals surface area contributed by atoms with Crippen LogP contribution in [0.4, 0.5) is 0 Å². The summed E-state index contributed by atoms with van der Waals surface area (Å²) >= 11 is 0. The number of nitrogens with zero attached hydrogens (tertiary/aromatic N) is 3. The Bertz CT molecular complexity index is 579. The average molecular weight is 285 g/mol. The summed E-state index contributed by atoms with van der Waals surface area (Å²) in [4.78, 5) is 4.31. The molecule has 0 bridgehead atoms. The van der Waals surface area contributed by atoms with Crippen LogP contribution in [0.5, 0.6) is 0 Å². The third-order valence-electron chi connectivity index (χ3n) is 4.19. The largest absolute Gasteiger partial charge is 0.392 e. The highest BCUT2D eigenvalue weighted by atomic mass is 16.3. The molecule has 1 aliphatic carbocycles. The minimum Gasteiger partial charge on any atom is -0.392 e. The van der Waals surface area contributed by atoms with E-state index in [0.717, 1.165) is 18.8 Å². The first-order valence-corrected chi connectivity index (χ1v) is 7.75. The number of rotatable bonds is 6. The number of hydrogen-bond donors (Lipinski definition) is 1. The Morgan fingerprint density at radius 1 is 1.29 bits per heavy atom. The molecule has 1 N–H and O–H groups in total. The van der Waals surface area contributed by atoms with Crippen molar-refractivity contribution in [1.29, 1.82) is 0 Å². The van der Waals surface area contributed by atoms with Crippen molar-refractivity contribution in [2.75, 3.05) is 0 Å². The van der Waals surface area contributed by atoms with Crippen LogP contribution in [-0.2, 0) is 13.0 Å². The quantitative estimate of drug-likeness (QED) is 0.887. The van der Waals surface area contributed by atoms with E-state index < -0.39 is 0 Å². The van der Waals surface area contributed by atoms with E-state index in [1.54, 1.807) is 6.33 Å². The van der Waals surface area contributed by atoms with Gasteiger partial charge in [-0.3, -0.25) is 0 Å². The summed E-state index contributed by atoms with van der Waals surface area (Å²) in [5.41, 5.74) is 1.34. The standard InChI is InChI=1S/C17H23N3O/c1-12(2)10-20-17(18-11-19-20)9-16(21)15-8-14(15)13-6-4-3-5-7-13/h3-7,11-12,14-16,21H,8-10H2,1-2H3. The zero-order chi connectivity index (χ0) is 14.8. The van der Waals surface area contributed by atoms with E-state index in [2.05, 4.69) is 48.2 Å². The number of aliphatic hydroxyl groups is 1. The van der Waals surface area contributed by atoms with Crippen LogP contribution >= 0.6 is 0 Å². The number of hydrogen-bond acceptors (Lipinski definition) is 3. The van der Waals surface area contributed by atoms with Gasteiger partial charge in [0.15, 0.2) is 0 Å². The number of aliphatic hydroxyl groups excluding tert-OH is 1. The van der Waals surface area contributed by atoms with Gasteiger partial charge in [-0.1, -0.05) is 44.2 Å². The average Bonchev–Trinajstić information content (AvgIpc) is 3.17. The Morgan fingerprint density at radius 2 is 2.05 bits per heavy atom. The summed E-state index contributed by atoms with van der Waals surface area (Å²) in [6.07, 6.45) is 2.93. The van der Waals surface area contributed by atoms with Gasteiger partial charge in [0.1, 0.15) is 12.2 Å². The van der Waals surface area contributed by atoms with Crippen molar-refractivity contribution in [1.82, 2.24) is 14.8 Å². The van der Waals surface area contributed by atoms with Crippen LogP contribution in [0.2, 0.25) is 0 Å². The van der Waals surface area contributed by atoms with Gasteiger partial charge in [0.2, 0.25) is 0 Å². The van der Waals surface area contributed by atoms with Gasteiger partial charge in [-0.05, 0) is 29.7 Å². The summed E-state index contributed by atoms with van der Waals surface area (Å²) in [5, 5.41) is 14.7. The van der Waals surface area contributed by atoms with Gasteiger partial charge in [-0.25, -0.2) is 9.67 Å². The van der Waals surface area contributed by atoms with E-state index in [4.69, 9.17) is 0 Å². The van der Waals surface area contributed by atoms with Gasteiger partial charge >= 0.3 is 0 Å². The van der Waals surface area contributed by atoms with Gasteiger partial charge in [0, 0.05) is 13.0 Å². The molecule has 3 rings (SSSR count). The zero-order valence-corrected chi connectivity index (χ0v) is 12.7. The predicted octanol–water partition coefficient (Wildman–Crippen LogP) is 2.64. The predicted molar refractivity (Wildman–Crippen MR) is 81.9 cm³/mol. The number of aromatic nitrogens is 3. The summed E-state index contributed by atoms with van der Waals surface area (Å²) in [6, 6.07) is 10.5. The Kier molecular flexibility index (Phi) is 4.06. The van der Waals surface area contributed by atoms with E-state index in [-0.39, 0.29) is 6.10 Å².